The molecule has 0 saturated carbocycles. The second-order valence-corrected chi connectivity index (χ2v) is 7.55. The smallest absolute Gasteiger partial charge is 0.326 e. The Morgan fingerprint density at radius 2 is 2.19 bits per heavy atom. The summed E-state index contributed by atoms with van der Waals surface area (Å²) in [5, 5.41) is 17.4. The van der Waals surface area contributed by atoms with Crippen molar-refractivity contribution in [3.63, 3.8) is 0 Å². The first-order valence-corrected chi connectivity index (χ1v) is 9.60. The quantitative estimate of drug-likeness (QED) is 0.636. The molecule has 1 aliphatic heterocycles. The Morgan fingerprint density at radius 3 is 3.00 bits per heavy atom. The molecule has 0 bridgehead atoms. The SMILES string of the molecule is CC(C)n1cnnc1-c1cccc(NC(=O)Nc2nc3c(s2)CCCN3)n1. The van der Waals surface area contributed by atoms with Gasteiger partial charge in [0.1, 0.15) is 23.7 Å². The van der Waals surface area contributed by atoms with Crippen LogP contribution in [0.25, 0.3) is 11.5 Å². The van der Waals surface area contributed by atoms with E-state index >= 15 is 0 Å². The van der Waals surface area contributed by atoms with Crippen LogP contribution in [0.5, 0.6) is 0 Å². The molecule has 0 atom stereocenters. The number of carbonyl (C=O) groups is 1. The van der Waals surface area contributed by atoms with E-state index in [1.807, 2.05) is 30.5 Å². The van der Waals surface area contributed by atoms with E-state index in [4.69, 9.17) is 0 Å². The van der Waals surface area contributed by atoms with Crippen molar-refractivity contribution in [2.75, 3.05) is 22.5 Å². The van der Waals surface area contributed by atoms with E-state index in [-0.39, 0.29) is 12.1 Å². The molecule has 0 aliphatic carbocycles. The minimum Gasteiger partial charge on any atom is -0.369 e. The maximum atomic E-state index is 12.3. The molecule has 4 rings (SSSR count). The van der Waals surface area contributed by atoms with Gasteiger partial charge in [-0.1, -0.05) is 17.4 Å². The van der Waals surface area contributed by atoms with E-state index in [2.05, 4.69) is 36.1 Å². The van der Waals surface area contributed by atoms with Gasteiger partial charge >= 0.3 is 6.03 Å². The van der Waals surface area contributed by atoms with Gasteiger partial charge in [0.2, 0.25) is 0 Å². The number of thiazole rings is 1. The van der Waals surface area contributed by atoms with Crippen molar-refractivity contribution in [2.24, 2.45) is 0 Å². The molecule has 0 fully saturated rings. The minimum absolute atomic E-state index is 0.209. The van der Waals surface area contributed by atoms with Crippen LogP contribution in [0.4, 0.5) is 21.6 Å². The van der Waals surface area contributed by atoms with Crippen LogP contribution in [0.15, 0.2) is 24.5 Å². The third-order valence-electron chi connectivity index (χ3n) is 4.14. The van der Waals surface area contributed by atoms with Gasteiger partial charge in [-0.05, 0) is 38.8 Å². The van der Waals surface area contributed by atoms with Gasteiger partial charge in [0, 0.05) is 12.6 Å². The summed E-state index contributed by atoms with van der Waals surface area (Å²) in [5.41, 5.74) is 0.646. The van der Waals surface area contributed by atoms with Crippen LogP contribution in [0.1, 0.15) is 31.2 Å². The minimum atomic E-state index is -0.379. The molecule has 0 aromatic carbocycles. The van der Waals surface area contributed by atoms with Gasteiger partial charge < -0.3 is 9.88 Å². The van der Waals surface area contributed by atoms with Gasteiger partial charge in [0.25, 0.3) is 0 Å². The van der Waals surface area contributed by atoms with Gasteiger partial charge in [-0.15, -0.1) is 10.2 Å². The van der Waals surface area contributed by atoms with Gasteiger partial charge in [-0.3, -0.25) is 10.6 Å². The summed E-state index contributed by atoms with van der Waals surface area (Å²) < 4.78 is 1.93. The monoisotopic (exact) mass is 384 g/mol. The van der Waals surface area contributed by atoms with E-state index in [1.165, 1.54) is 16.2 Å². The Labute approximate surface area is 160 Å². The number of pyridine rings is 1. The number of urea groups is 1. The number of hydrogen-bond donors (Lipinski definition) is 3. The van der Waals surface area contributed by atoms with Crippen LogP contribution < -0.4 is 16.0 Å². The lowest BCUT2D eigenvalue weighted by atomic mass is 10.2. The highest BCUT2D eigenvalue weighted by Crippen LogP contribution is 2.30. The van der Waals surface area contributed by atoms with E-state index in [9.17, 15) is 4.79 Å². The molecule has 2 amide bonds. The number of rotatable bonds is 4. The molecular formula is C17H20N8OS. The van der Waals surface area contributed by atoms with E-state index in [1.54, 1.807) is 12.4 Å². The second kappa shape index (κ2) is 7.31. The summed E-state index contributed by atoms with van der Waals surface area (Å²) in [6, 6.07) is 5.22. The number of aryl methyl sites for hydroxylation is 1. The first-order chi connectivity index (χ1) is 13.1. The molecule has 140 valence electrons. The molecule has 3 aromatic heterocycles. The van der Waals surface area contributed by atoms with Gasteiger partial charge in [0.05, 0.1) is 4.88 Å². The molecule has 27 heavy (non-hydrogen) atoms. The van der Waals surface area contributed by atoms with Gasteiger partial charge in [-0.2, -0.15) is 0 Å². The highest BCUT2D eigenvalue weighted by Gasteiger charge is 2.17. The summed E-state index contributed by atoms with van der Waals surface area (Å²) in [6.45, 7) is 5.01. The van der Waals surface area contributed by atoms with Gasteiger partial charge in [-0.25, -0.2) is 14.8 Å². The molecule has 0 unspecified atom stereocenters. The second-order valence-electron chi connectivity index (χ2n) is 6.46. The number of anilines is 3. The van der Waals surface area contributed by atoms with Crippen LogP contribution in [-0.4, -0.2) is 37.3 Å². The standard InChI is InChI=1S/C17H20N8OS/c1-10(2)25-9-19-24-15(25)11-5-3-7-13(20-11)21-16(26)23-17-22-14-12(27-17)6-4-8-18-14/h3,5,7,9-10,18H,4,6,8H2,1-2H3,(H2,20,21,22,23,26). The van der Waals surface area contributed by atoms with Crippen LogP contribution in [0.2, 0.25) is 0 Å². The summed E-state index contributed by atoms with van der Waals surface area (Å²) in [6.07, 6.45) is 3.74. The Balaban J connectivity index is 1.47. The van der Waals surface area contributed by atoms with E-state index < -0.39 is 0 Å². The lowest BCUT2D eigenvalue weighted by Gasteiger charge is -2.10. The number of amides is 2. The zero-order chi connectivity index (χ0) is 18.8. The first kappa shape index (κ1) is 17.4. The summed E-state index contributed by atoms with van der Waals surface area (Å²) in [4.78, 5) is 22.4. The third-order valence-corrected chi connectivity index (χ3v) is 5.17. The van der Waals surface area contributed by atoms with Crippen molar-refractivity contribution in [3.05, 3.63) is 29.4 Å². The number of fused-ring (bicyclic) bond motifs is 1. The predicted octanol–water partition coefficient (Wildman–Crippen LogP) is 3.38. The molecule has 0 radical (unpaired) electrons. The summed E-state index contributed by atoms with van der Waals surface area (Å²) in [7, 11) is 0. The van der Waals surface area contributed by atoms with Crippen molar-refractivity contribution in [1.82, 2.24) is 24.7 Å². The molecular weight excluding hydrogens is 364 g/mol. The van der Waals surface area contributed by atoms with Crippen molar-refractivity contribution >= 4 is 34.1 Å². The number of nitrogens with zero attached hydrogens (tertiary/aromatic N) is 5. The molecule has 3 aromatic rings. The average Bonchev–Trinajstić information content (AvgIpc) is 3.28. The molecule has 9 nitrogen and oxygen atoms in total. The van der Waals surface area contributed by atoms with Crippen LogP contribution in [0.3, 0.4) is 0 Å². The number of hydrogen-bond acceptors (Lipinski definition) is 7. The highest BCUT2D eigenvalue weighted by molar-refractivity contribution is 7.16. The maximum Gasteiger partial charge on any atom is 0.326 e. The van der Waals surface area contributed by atoms with Gasteiger partial charge in [0.15, 0.2) is 11.0 Å². The zero-order valence-electron chi connectivity index (χ0n) is 15.1. The molecule has 0 saturated heterocycles. The maximum absolute atomic E-state index is 12.3. The van der Waals surface area contributed by atoms with Crippen LogP contribution in [0, 0.1) is 0 Å². The molecule has 10 heteroatoms. The normalized spacial score (nSPS) is 13.1. The Kier molecular flexibility index (Phi) is 4.71. The van der Waals surface area contributed by atoms with Crippen molar-refractivity contribution in [3.8, 4) is 11.5 Å². The zero-order valence-corrected chi connectivity index (χ0v) is 15.9. The molecule has 0 spiro atoms. The molecule has 1 aliphatic rings. The highest BCUT2D eigenvalue weighted by atomic mass is 32.1. The fourth-order valence-corrected chi connectivity index (χ4v) is 3.82. The predicted molar refractivity (Wildman–Crippen MR) is 105 cm³/mol. The first-order valence-electron chi connectivity index (χ1n) is 8.78. The topological polar surface area (TPSA) is 110 Å². The Hall–Kier alpha value is -3.01. The van der Waals surface area contributed by atoms with Crippen LogP contribution >= 0.6 is 11.3 Å². The lowest BCUT2D eigenvalue weighted by Crippen LogP contribution is -2.20. The summed E-state index contributed by atoms with van der Waals surface area (Å²) in [5.74, 6) is 1.96. The van der Waals surface area contributed by atoms with Crippen molar-refractivity contribution < 1.29 is 4.79 Å². The number of nitrogens with one attached hydrogen (secondary N) is 3. The molecule has 3 N–H and O–H groups in total. The Morgan fingerprint density at radius 1 is 1.30 bits per heavy atom. The average molecular weight is 384 g/mol. The number of carbonyl (C=O) groups excluding carboxylic acids is 1. The Bertz CT molecular complexity index is 940. The van der Waals surface area contributed by atoms with E-state index in [0.717, 1.165) is 25.2 Å². The largest absolute Gasteiger partial charge is 0.369 e. The molecule has 4 heterocycles. The summed E-state index contributed by atoms with van der Waals surface area (Å²) >= 11 is 1.49. The fraction of sp³-hybridized carbons (Fsp3) is 0.353. The fourth-order valence-electron chi connectivity index (χ4n) is 2.85. The van der Waals surface area contributed by atoms with E-state index in [0.29, 0.717) is 22.5 Å². The third kappa shape index (κ3) is 3.75. The van der Waals surface area contributed by atoms with Crippen molar-refractivity contribution in [2.45, 2.75) is 32.7 Å². The number of aromatic nitrogens is 5. The van der Waals surface area contributed by atoms with Crippen molar-refractivity contribution in [1.29, 1.82) is 0 Å². The lowest BCUT2D eigenvalue weighted by molar-refractivity contribution is 0.262. The van der Waals surface area contributed by atoms with Crippen LogP contribution in [-0.2, 0) is 6.42 Å².